The Hall–Kier alpha value is -1.14. The van der Waals surface area contributed by atoms with Gasteiger partial charge in [-0.25, -0.2) is 4.98 Å². The summed E-state index contributed by atoms with van der Waals surface area (Å²) in [5.74, 6) is -0.216. The molecule has 19 heavy (non-hydrogen) atoms. The van der Waals surface area contributed by atoms with Crippen LogP contribution in [0, 0.1) is 0 Å². The van der Waals surface area contributed by atoms with Gasteiger partial charge in [-0.1, -0.05) is 0 Å². The van der Waals surface area contributed by atoms with E-state index in [1.165, 1.54) is 4.88 Å². The fourth-order valence-electron chi connectivity index (χ4n) is 1.78. The topological polar surface area (TPSA) is 71.2 Å². The summed E-state index contributed by atoms with van der Waals surface area (Å²) in [5, 5.41) is 4.46. The number of hydrogen-bond acceptors (Lipinski definition) is 5. The minimum atomic E-state index is -0.216. The summed E-state index contributed by atoms with van der Waals surface area (Å²) in [6.07, 6.45) is 4.25. The summed E-state index contributed by atoms with van der Waals surface area (Å²) in [5.41, 5.74) is 5.09. The summed E-state index contributed by atoms with van der Waals surface area (Å²) in [6, 6.07) is 0. The zero-order chi connectivity index (χ0) is 14.1. The average Bonchev–Trinajstić information content (AvgIpc) is 2.83. The molecule has 0 saturated heterocycles. The predicted molar refractivity (Wildman–Crippen MR) is 80.4 cm³/mol. The first-order valence-electron chi connectivity index (χ1n) is 6.86. The lowest BCUT2D eigenvalue weighted by atomic mass is 10.2. The van der Waals surface area contributed by atoms with Crippen molar-refractivity contribution in [1.82, 2.24) is 10.3 Å². The molecule has 0 aliphatic carbocycles. The van der Waals surface area contributed by atoms with Gasteiger partial charge in [0.25, 0.3) is 0 Å². The second-order valence-corrected chi connectivity index (χ2v) is 5.48. The maximum Gasteiger partial charge on any atom is 0.217 e. The molecule has 5 nitrogen and oxygen atoms in total. The SMILES string of the molecule is CCN(CC)c1ncc(CNCCCCC(N)=O)s1. The van der Waals surface area contributed by atoms with Crippen LogP contribution in [0.4, 0.5) is 5.13 Å². The van der Waals surface area contributed by atoms with E-state index in [2.05, 4.69) is 29.0 Å². The lowest BCUT2D eigenvalue weighted by Gasteiger charge is -2.16. The van der Waals surface area contributed by atoms with Gasteiger partial charge in [0, 0.05) is 37.1 Å². The second-order valence-electron chi connectivity index (χ2n) is 4.38. The van der Waals surface area contributed by atoms with Crippen molar-refractivity contribution in [2.45, 2.75) is 39.7 Å². The number of hydrogen-bond donors (Lipinski definition) is 2. The molecular formula is C13H24N4OS. The molecule has 0 aliphatic heterocycles. The number of primary amides is 1. The number of amides is 1. The molecule has 1 aromatic rings. The molecule has 0 aromatic carbocycles. The average molecular weight is 284 g/mol. The molecule has 6 heteroatoms. The van der Waals surface area contributed by atoms with Crippen LogP contribution in [-0.2, 0) is 11.3 Å². The third-order valence-corrected chi connectivity index (χ3v) is 3.96. The van der Waals surface area contributed by atoms with E-state index in [1.54, 1.807) is 11.3 Å². The smallest absolute Gasteiger partial charge is 0.217 e. The third kappa shape index (κ3) is 6.02. The highest BCUT2D eigenvalue weighted by molar-refractivity contribution is 7.15. The highest BCUT2D eigenvalue weighted by atomic mass is 32.1. The fraction of sp³-hybridized carbons (Fsp3) is 0.692. The van der Waals surface area contributed by atoms with Crippen LogP contribution in [0.25, 0.3) is 0 Å². The van der Waals surface area contributed by atoms with Gasteiger partial charge in [0.1, 0.15) is 0 Å². The summed E-state index contributed by atoms with van der Waals surface area (Å²) < 4.78 is 0. The minimum absolute atomic E-state index is 0.216. The Morgan fingerprint density at radius 2 is 2.16 bits per heavy atom. The van der Waals surface area contributed by atoms with Gasteiger partial charge >= 0.3 is 0 Å². The zero-order valence-electron chi connectivity index (χ0n) is 11.8. The predicted octanol–water partition coefficient (Wildman–Crippen LogP) is 1.73. The summed E-state index contributed by atoms with van der Waals surface area (Å²) in [6.45, 7) is 8.01. The van der Waals surface area contributed by atoms with Gasteiger partial charge in [-0.15, -0.1) is 11.3 Å². The molecule has 108 valence electrons. The molecule has 3 N–H and O–H groups in total. The molecule has 0 fully saturated rings. The van der Waals surface area contributed by atoms with E-state index in [9.17, 15) is 4.79 Å². The van der Waals surface area contributed by atoms with Gasteiger partial charge in [0.2, 0.25) is 5.91 Å². The first-order valence-corrected chi connectivity index (χ1v) is 7.67. The lowest BCUT2D eigenvalue weighted by molar-refractivity contribution is -0.118. The first-order chi connectivity index (χ1) is 9.17. The maximum absolute atomic E-state index is 10.6. The van der Waals surface area contributed by atoms with E-state index >= 15 is 0 Å². The number of rotatable bonds is 10. The number of anilines is 1. The minimum Gasteiger partial charge on any atom is -0.370 e. The zero-order valence-corrected chi connectivity index (χ0v) is 12.6. The molecule has 0 spiro atoms. The molecule has 0 atom stereocenters. The van der Waals surface area contributed by atoms with Gasteiger partial charge in [-0.2, -0.15) is 0 Å². The van der Waals surface area contributed by atoms with Crippen molar-refractivity contribution in [3.63, 3.8) is 0 Å². The Morgan fingerprint density at radius 1 is 1.42 bits per heavy atom. The summed E-state index contributed by atoms with van der Waals surface area (Å²) in [7, 11) is 0. The van der Waals surface area contributed by atoms with Crippen LogP contribution in [0.15, 0.2) is 6.20 Å². The van der Waals surface area contributed by atoms with E-state index in [-0.39, 0.29) is 5.91 Å². The number of nitrogens with two attached hydrogens (primary N) is 1. The lowest BCUT2D eigenvalue weighted by Crippen LogP contribution is -2.21. The van der Waals surface area contributed by atoms with Crippen LogP contribution in [0.1, 0.15) is 38.0 Å². The molecule has 0 bridgehead atoms. The standard InChI is InChI=1S/C13H24N4OS/c1-3-17(4-2)13-16-10-11(19-13)9-15-8-6-5-7-12(14)18/h10,15H,3-9H2,1-2H3,(H2,14,18). The molecule has 0 aliphatic rings. The Kier molecular flexibility index (Phi) is 7.43. The van der Waals surface area contributed by atoms with Crippen molar-refractivity contribution in [3.05, 3.63) is 11.1 Å². The Bertz CT molecular complexity index is 376. The monoisotopic (exact) mass is 284 g/mol. The Morgan fingerprint density at radius 3 is 2.79 bits per heavy atom. The van der Waals surface area contributed by atoms with Gasteiger partial charge in [-0.05, 0) is 33.2 Å². The van der Waals surface area contributed by atoms with E-state index in [0.29, 0.717) is 6.42 Å². The second kappa shape index (κ2) is 8.87. The number of carbonyl (C=O) groups is 1. The molecule has 1 amide bonds. The number of carbonyl (C=O) groups excluding carboxylic acids is 1. The summed E-state index contributed by atoms with van der Waals surface area (Å²) >= 11 is 1.74. The first kappa shape index (κ1) is 15.9. The highest BCUT2D eigenvalue weighted by Crippen LogP contribution is 2.21. The van der Waals surface area contributed by atoms with Crippen molar-refractivity contribution >= 4 is 22.4 Å². The maximum atomic E-state index is 10.6. The van der Waals surface area contributed by atoms with Crippen LogP contribution in [0.2, 0.25) is 0 Å². The highest BCUT2D eigenvalue weighted by Gasteiger charge is 2.07. The van der Waals surface area contributed by atoms with Crippen molar-refractivity contribution in [1.29, 1.82) is 0 Å². The Labute approximate surface area is 119 Å². The van der Waals surface area contributed by atoms with E-state index in [1.807, 2.05) is 6.20 Å². The van der Waals surface area contributed by atoms with Crippen LogP contribution in [0.5, 0.6) is 0 Å². The molecule has 1 rings (SSSR count). The van der Waals surface area contributed by atoms with Crippen LogP contribution in [-0.4, -0.2) is 30.5 Å². The third-order valence-electron chi connectivity index (χ3n) is 2.90. The van der Waals surface area contributed by atoms with Gasteiger partial charge in [0.15, 0.2) is 5.13 Å². The fourth-order valence-corrected chi connectivity index (χ4v) is 2.79. The van der Waals surface area contributed by atoms with Gasteiger partial charge in [-0.3, -0.25) is 4.79 Å². The molecule has 1 aromatic heterocycles. The molecule has 1 heterocycles. The number of nitrogens with zero attached hydrogens (tertiary/aromatic N) is 2. The number of thiazole rings is 1. The van der Waals surface area contributed by atoms with Crippen LogP contribution >= 0.6 is 11.3 Å². The van der Waals surface area contributed by atoms with Crippen molar-refractivity contribution < 1.29 is 4.79 Å². The normalized spacial score (nSPS) is 10.6. The van der Waals surface area contributed by atoms with E-state index < -0.39 is 0 Å². The number of aromatic nitrogens is 1. The number of nitrogens with one attached hydrogen (secondary N) is 1. The van der Waals surface area contributed by atoms with E-state index in [0.717, 1.165) is 44.2 Å². The quantitative estimate of drug-likeness (QED) is 0.642. The van der Waals surface area contributed by atoms with E-state index in [4.69, 9.17) is 5.73 Å². The molecular weight excluding hydrogens is 260 g/mol. The molecule has 0 radical (unpaired) electrons. The van der Waals surface area contributed by atoms with Crippen LogP contribution < -0.4 is 16.0 Å². The number of unbranched alkanes of at least 4 members (excludes halogenated alkanes) is 1. The van der Waals surface area contributed by atoms with Gasteiger partial charge in [0.05, 0.1) is 0 Å². The Balaban J connectivity index is 2.21. The largest absolute Gasteiger partial charge is 0.370 e. The molecule has 0 saturated carbocycles. The van der Waals surface area contributed by atoms with Crippen LogP contribution in [0.3, 0.4) is 0 Å². The summed E-state index contributed by atoms with van der Waals surface area (Å²) in [4.78, 5) is 18.5. The molecule has 0 unspecified atom stereocenters. The van der Waals surface area contributed by atoms with Crippen molar-refractivity contribution in [3.8, 4) is 0 Å². The van der Waals surface area contributed by atoms with Crippen molar-refractivity contribution in [2.75, 3.05) is 24.5 Å². The van der Waals surface area contributed by atoms with Crippen molar-refractivity contribution in [2.24, 2.45) is 5.73 Å². The van der Waals surface area contributed by atoms with Gasteiger partial charge < -0.3 is 16.0 Å².